The number of rotatable bonds is 6. The normalized spacial score (nSPS) is 19.1. The third-order valence-electron chi connectivity index (χ3n) is 3.88. The second-order valence-electron chi connectivity index (χ2n) is 5.48. The Hall–Kier alpha value is -0.330. The second-order valence-corrected chi connectivity index (χ2v) is 7.75. The monoisotopic (exact) mass is 366 g/mol. The zero-order chi connectivity index (χ0) is 15.5. The van der Waals surface area contributed by atoms with Crippen LogP contribution in [0, 0.1) is 0 Å². The van der Waals surface area contributed by atoms with Crippen LogP contribution in [-0.4, -0.2) is 38.9 Å². The Morgan fingerprint density at radius 2 is 2.14 bits per heavy atom. The summed E-state index contributed by atoms with van der Waals surface area (Å²) in [5.74, 6) is 0. The van der Waals surface area contributed by atoms with E-state index < -0.39 is 10.0 Å². The molecule has 1 aromatic rings. The predicted molar refractivity (Wildman–Crippen MR) is 93.5 cm³/mol. The molecule has 1 unspecified atom stereocenters. The molecule has 22 heavy (non-hydrogen) atoms. The van der Waals surface area contributed by atoms with Gasteiger partial charge in [0.2, 0.25) is 10.0 Å². The fourth-order valence-electron chi connectivity index (χ4n) is 2.88. The average molecular weight is 367 g/mol. The van der Waals surface area contributed by atoms with Crippen molar-refractivity contribution in [2.45, 2.75) is 43.5 Å². The average Bonchev–Trinajstić information content (AvgIpc) is 2.90. The molecular formula is C15H24Cl2N2O2S. The van der Waals surface area contributed by atoms with Crippen LogP contribution < -0.4 is 5.32 Å². The molecule has 0 aromatic heterocycles. The lowest BCUT2D eigenvalue weighted by atomic mass is 10.1. The van der Waals surface area contributed by atoms with Gasteiger partial charge in [-0.2, -0.15) is 4.31 Å². The first-order valence-corrected chi connectivity index (χ1v) is 9.27. The van der Waals surface area contributed by atoms with Gasteiger partial charge in [0, 0.05) is 19.1 Å². The number of hydrogen-bond acceptors (Lipinski definition) is 3. The van der Waals surface area contributed by atoms with Gasteiger partial charge < -0.3 is 5.32 Å². The van der Waals surface area contributed by atoms with Gasteiger partial charge in [-0.1, -0.05) is 31.0 Å². The lowest BCUT2D eigenvalue weighted by Crippen LogP contribution is -2.40. The molecule has 0 radical (unpaired) electrons. The third kappa shape index (κ3) is 4.15. The molecule has 0 bridgehead atoms. The number of hydrogen-bond donors (Lipinski definition) is 1. The Balaban J connectivity index is 0.00000242. The lowest BCUT2D eigenvalue weighted by molar-refractivity contribution is 0.379. The topological polar surface area (TPSA) is 49.4 Å². The van der Waals surface area contributed by atoms with Crippen molar-refractivity contribution in [2.24, 2.45) is 0 Å². The highest BCUT2D eigenvalue weighted by atomic mass is 35.5. The molecule has 0 amide bonds. The standard InChI is InChI=1S/C15H23ClN2O2S.ClH/c1-3-5-12-7-8-14(16)15(10-12)21(19,20)18-9-4-6-13(18)11-17-2;/h7-8,10,13,17H,3-6,9,11H2,1-2H3;1H. The summed E-state index contributed by atoms with van der Waals surface area (Å²) in [6.45, 7) is 3.32. The summed E-state index contributed by atoms with van der Waals surface area (Å²) in [4.78, 5) is 0.248. The van der Waals surface area contributed by atoms with E-state index in [9.17, 15) is 8.42 Å². The van der Waals surface area contributed by atoms with Crippen molar-refractivity contribution < 1.29 is 8.42 Å². The van der Waals surface area contributed by atoms with Crippen molar-refractivity contribution in [3.8, 4) is 0 Å². The molecular weight excluding hydrogens is 343 g/mol. The van der Waals surface area contributed by atoms with Crippen molar-refractivity contribution in [2.75, 3.05) is 20.1 Å². The van der Waals surface area contributed by atoms with Crippen LogP contribution in [0.2, 0.25) is 5.02 Å². The van der Waals surface area contributed by atoms with Gasteiger partial charge in [-0.15, -0.1) is 12.4 Å². The first kappa shape index (κ1) is 19.7. The van der Waals surface area contributed by atoms with Crippen molar-refractivity contribution >= 4 is 34.0 Å². The molecule has 4 nitrogen and oxygen atoms in total. The smallest absolute Gasteiger partial charge is 0.244 e. The van der Waals surface area contributed by atoms with Gasteiger partial charge in [0.1, 0.15) is 4.90 Å². The molecule has 0 spiro atoms. The molecule has 1 fully saturated rings. The van der Waals surface area contributed by atoms with Gasteiger partial charge >= 0.3 is 0 Å². The summed E-state index contributed by atoms with van der Waals surface area (Å²) < 4.78 is 27.4. The van der Waals surface area contributed by atoms with Crippen molar-refractivity contribution in [3.63, 3.8) is 0 Å². The number of aryl methyl sites for hydroxylation is 1. The highest BCUT2D eigenvalue weighted by Crippen LogP contribution is 2.31. The van der Waals surface area contributed by atoms with Crippen LogP contribution in [0.15, 0.2) is 23.1 Å². The van der Waals surface area contributed by atoms with E-state index in [2.05, 4.69) is 12.2 Å². The highest BCUT2D eigenvalue weighted by molar-refractivity contribution is 7.89. The quantitative estimate of drug-likeness (QED) is 0.841. The molecule has 7 heteroatoms. The number of sulfonamides is 1. The number of nitrogens with zero attached hydrogens (tertiary/aromatic N) is 1. The summed E-state index contributed by atoms with van der Waals surface area (Å²) in [6.07, 6.45) is 3.64. The van der Waals surface area contributed by atoms with Gasteiger partial charge in [0.25, 0.3) is 0 Å². The molecule has 0 saturated carbocycles. The summed E-state index contributed by atoms with van der Waals surface area (Å²) in [6, 6.07) is 5.35. The van der Waals surface area contributed by atoms with E-state index in [1.54, 1.807) is 16.4 Å². The molecule has 1 atom stereocenters. The zero-order valence-corrected chi connectivity index (χ0v) is 15.4. The van der Waals surface area contributed by atoms with Crippen molar-refractivity contribution in [1.29, 1.82) is 0 Å². The maximum absolute atomic E-state index is 12.9. The molecule has 0 aliphatic carbocycles. The first-order chi connectivity index (χ1) is 10.0. The number of nitrogens with one attached hydrogen (secondary N) is 1. The van der Waals surface area contributed by atoms with E-state index in [-0.39, 0.29) is 23.3 Å². The van der Waals surface area contributed by atoms with Gasteiger partial charge in [-0.25, -0.2) is 8.42 Å². The van der Waals surface area contributed by atoms with Crippen LogP contribution in [-0.2, 0) is 16.4 Å². The van der Waals surface area contributed by atoms with Crippen LogP contribution in [0.4, 0.5) is 0 Å². The predicted octanol–water partition coefficient (Wildman–Crippen LogP) is 3.09. The van der Waals surface area contributed by atoms with Crippen LogP contribution in [0.3, 0.4) is 0 Å². The maximum atomic E-state index is 12.9. The van der Waals surface area contributed by atoms with Crippen molar-refractivity contribution in [3.05, 3.63) is 28.8 Å². The minimum Gasteiger partial charge on any atom is -0.318 e. The number of halogens is 2. The Morgan fingerprint density at radius 1 is 1.41 bits per heavy atom. The SMILES string of the molecule is CCCc1ccc(Cl)c(S(=O)(=O)N2CCCC2CNC)c1.Cl. The number of benzene rings is 1. The molecule has 2 rings (SSSR count). The highest BCUT2D eigenvalue weighted by Gasteiger charge is 2.35. The van der Waals surface area contributed by atoms with Crippen molar-refractivity contribution in [1.82, 2.24) is 9.62 Å². The van der Waals surface area contributed by atoms with Gasteiger partial charge in [-0.3, -0.25) is 0 Å². The fraction of sp³-hybridized carbons (Fsp3) is 0.600. The van der Waals surface area contributed by atoms with E-state index in [1.807, 2.05) is 13.1 Å². The molecule has 1 N–H and O–H groups in total. The lowest BCUT2D eigenvalue weighted by Gasteiger charge is -2.24. The molecule has 1 heterocycles. The number of likely N-dealkylation sites (N-methyl/N-ethyl adjacent to an activating group) is 1. The fourth-order valence-corrected chi connectivity index (χ4v) is 5.10. The van der Waals surface area contributed by atoms with Gasteiger partial charge in [0.05, 0.1) is 5.02 Å². The Kier molecular flexibility index (Phi) is 7.62. The molecule has 126 valence electrons. The zero-order valence-electron chi connectivity index (χ0n) is 13.0. The maximum Gasteiger partial charge on any atom is 0.244 e. The molecule has 1 aliphatic rings. The minimum atomic E-state index is -3.52. The Bertz CT molecular complexity index is 593. The summed E-state index contributed by atoms with van der Waals surface area (Å²) in [5, 5.41) is 3.38. The Labute approximate surface area is 144 Å². The third-order valence-corrected chi connectivity index (χ3v) is 6.32. The summed E-state index contributed by atoms with van der Waals surface area (Å²) >= 11 is 6.16. The largest absolute Gasteiger partial charge is 0.318 e. The van der Waals surface area contributed by atoms with E-state index in [1.165, 1.54) is 0 Å². The second kappa shape index (κ2) is 8.50. The van der Waals surface area contributed by atoms with Crippen LogP contribution in [0.25, 0.3) is 0 Å². The summed E-state index contributed by atoms with van der Waals surface area (Å²) in [7, 11) is -1.67. The Morgan fingerprint density at radius 3 is 2.77 bits per heavy atom. The van der Waals surface area contributed by atoms with E-state index in [0.29, 0.717) is 18.1 Å². The molecule has 1 aromatic carbocycles. The van der Waals surface area contributed by atoms with E-state index >= 15 is 0 Å². The molecule has 1 aliphatic heterocycles. The van der Waals surface area contributed by atoms with E-state index in [0.717, 1.165) is 31.2 Å². The molecule has 1 saturated heterocycles. The van der Waals surface area contributed by atoms with Crippen LogP contribution in [0.1, 0.15) is 31.7 Å². The van der Waals surface area contributed by atoms with Crippen LogP contribution >= 0.6 is 24.0 Å². The van der Waals surface area contributed by atoms with Gasteiger partial charge in [-0.05, 0) is 44.0 Å². The first-order valence-electron chi connectivity index (χ1n) is 7.45. The summed E-state index contributed by atoms with van der Waals surface area (Å²) in [5.41, 5.74) is 1.02. The van der Waals surface area contributed by atoms with Gasteiger partial charge in [0.15, 0.2) is 0 Å². The van der Waals surface area contributed by atoms with Crippen LogP contribution in [0.5, 0.6) is 0 Å². The minimum absolute atomic E-state index is 0. The van der Waals surface area contributed by atoms with E-state index in [4.69, 9.17) is 11.6 Å².